The van der Waals surface area contributed by atoms with E-state index in [-0.39, 0.29) is 17.2 Å². The van der Waals surface area contributed by atoms with Gasteiger partial charge in [0.15, 0.2) is 0 Å². The fourth-order valence-corrected chi connectivity index (χ4v) is 2.27. The van der Waals surface area contributed by atoms with Gasteiger partial charge in [-0.3, -0.25) is 14.0 Å². The van der Waals surface area contributed by atoms with Crippen LogP contribution in [0.25, 0.3) is 5.65 Å². The van der Waals surface area contributed by atoms with Crippen molar-refractivity contribution in [1.29, 1.82) is 0 Å². The summed E-state index contributed by atoms with van der Waals surface area (Å²) in [6.07, 6.45) is 1.66. The largest absolute Gasteiger partial charge is 0.316 e. The monoisotopic (exact) mass is 293 g/mol. The number of fused-ring (bicyclic) bond motifs is 1. The van der Waals surface area contributed by atoms with Gasteiger partial charge in [-0.15, -0.1) is 0 Å². The average molecular weight is 293 g/mol. The summed E-state index contributed by atoms with van der Waals surface area (Å²) in [5, 5.41) is 2.67. The lowest BCUT2D eigenvalue weighted by molar-refractivity contribution is 0.102. The van der Waals surface area contributed by atoms with E-state index in [2.05, 4.69) is 10.3 Å². The highest BCUT2D eigenvalue weighted by molar-refractivity contribution is 6.04. The molecule has 3 rings (SSSR count). The highest BCUT2D eigenvalue weighted by Gasteiger charge is 2.13. The van der Waals surface area contributed by atoms with Crippen LogP contribution in [0.1, 0.15) is 21.6 Å². The third-order valence-electron chi connectivity index (χ3n) is 3.44. The molecule has 0 aliphatic heterocycles. The Morgan fingerprint density at radius 1 is 1.14 bits per heavy atom. The van der Waals surface area contributed by atoms with Gasteiger partial charge < -0.3 is 5.32 Å². The summed E-state index contributed by atoms with van der Waals surface area (Å²) >= 11 is 0. The van der Waals surface area contributed by atoms with E-state index in [1.54, 1.807) is 37.4 Å². The molecule has 0 radical (unpaired) electrons. The lowest BCUT2D eigenvalue weighted by atomic mass is 10.2. The quantitative estimate of drug-likeness (QED) is 0.790. The Hall–Kier alpha value is -2.95. The number of hydrogen-bond acceptors (Lipinski definition) is 3. The minimum atomic E-state index is -0.324. The standard InChI is InChI=1S/C17H15N3O2/c1-11-8-9-20-14(10-11)18-12(2)15(17(20)22)19-16(21)13-6-4-3-5-7-13/h3-10H,1-2H3,(H,19,21). The zero-order valence-electron chi connectivity index (χ0n) is 12.3. The molecule has 2 heterocycles. The number of anilines is 1. The van der Waals surface area contributed by atoms with Gasteiger partial charge in [-0.25, -0.2) is 4.98 Å². The summed E-state index contributed by atoms with van der Waals surface area (Å²) in [7, 11) is 0. The van der Waals surface area contributed by atoms with Gasteiger partial charge in [-0.1, -0.05) is 18.2 Å². The van der Waals surface area contributed by atoms with Gasteiger partial charge in [0, 0.05) is 11.8 Å². The Balaban J connectivity index is 2.06. The van der Waals surface area contributed by atoms with E-state index in [0.717, 1.165) is 5.56 Å². The van der Waals surface area contributed by atoms with Gasteiger partial charge in [-0.2, -0.15) is 0 Å². The van der Waals surface area contributed by atoms with Crippen molar-refractivity contribution in [2.24, 2.45) is 0 Å². The molecule has 0 saturated carbocycles. The number of nitrogens with zero attached hydrogens (tertiary/aromatic N) is 2. The van der Waals surface area contributed by atoms with E-state index in [9.17, 15) is 9.59 Å². The molecule has 0 bridgehead atoms. The second-order valence-corrected chi connectivity index (χ2v) is 5.13. The fraction of sp³-hybridized carbons (Fsp3) is 0.118. The normalized spacial score (nSPS) is 10.6. The molecule has 3 aromatic rings. The first kappa shape index (κ1) is 14.0. The molecule has 22 heavy (non-hydrogen) atoms. The van der Waals surface area contributed by atoms with E-state index in [4.69, 9.17) is 0 Å². The Morgan fingerprint density at radius 2 is 1.86 bits per heavy atom. The summed E-state index contributed by atoms with van der Waals surface area (Å²) < 4.78 is 1.43. The summed E-state index contributed by atoms with van der Waals surface area (Å²) in [4.78, 5) is 29.1. The average Bonchev–Trinajstić information content (AvgIpc) is 2.51. The Bertz CT molecular complexity index is 914. The molecule has 1 amide bonds. The highest BCUT2D eigenvalue weighted by atomic mass is 16.2. The van der Waals surface area contributed by atoms with Crippen LogP contribution in [0.15, 0.2) is 53.5 Å². The minimum absolute atomic E-state index is 0.204. The maximum Gasteiger partial charge on any atom is 0.281 e. The summed E-state index contributed by atoms with van der Waals surface area (Å²) in [5.41, 5.74) is 2.50. The van der Waals surface area contributed by atoms with Gasteiger partial charge in [0.05, 0.1) is 5.69 Å². The number of aromatic nitrogens is 2. The van der Waals surface area contributed by atoms with E-state index >= 15 is 0 Å². The molecule has 0 saturated heterocycles. The number of rotatable bonds is 2. The SMILES string of the molecule is Cc1ccn2c(=O)c(NC(=O)c3ccccc3)c(C)nc2c1. The summed E-state index contributed by atoms with van der Waals surface area (Å²) in [6.45, 7) is 3.65. The molecular formula is C17H15N3O2. The molecule has 5 nitrogen and oxygen atoms in total. The highest BCUT2D eigenvalue weighted by Crippen LogP contribution is 2.11. The maximum absolute atomic E-state index is 12.5. The third kappa shape index (κ3) is 2.48. The number of nitrogens with one attached hydrogen (secondary N) is 1. The van der Waals surface area contributed by atoms with Crippen molar-refractivity contribution in [2.75, 3.05) is 5.32 Å². The molecule has 0 atom stereocenters. The number of benzene rings is 1. The molecule has 2 aromatic heterocycles. The third-order valence-corrected chi connectivity index (χ3v) is 3.44. The molecule has 0 aliphatic carbocycles. The van der Waals surface area contributed by atoms with E-state index in [1.165, 1.54) is 4.40 Å². The predicted octanol–water partition coefficient (Wildman–Crippen LogP) is 2.56. The molecule has 0 aliphatic rings. The topological polar surface area (TPSA) is 63.5 Å². The van der Waals surface area contributed by atoms with Crippen LogP contribution in [0.2, 0.25) is 0 Å². The van der Waals surface area contributed by atoms with Crippen molar-refractivity contribution in [3.8, 4) is 0 Å². The number of aryl methyl sites for hydroxylation is 2. The molecule has 1 aromatic carbocycles. The van der Waals surface area contributed by atoms with Crippen molar-refractivity contribution in [2.45, 2.75) is 13.8 Å². The van der Waals surface area contributed by atoms with Crippen LogP contribution in [0.5, 0.6) is 0 Å². The van der Waals surface area contributed by atoms with Crippen LogP contribution in [0, 0.1) is 13.8 Å². The molecule has 0 unspecified atom stereocenters. The Labute approximate surface area is 127 Å². The van der Waals surface area contributed by atoms with Crippen LogP contribution in [-0.4, -0.2) is 15.3 Å². The van der Waals surface area contributed by atoms with Gasteiger partial charge in [0.25, 0.3) is 11.5 Å². The lowest BCUT2D eigenvalue weighted by Crippen LogP contribution is -2.25. The van der Waals surface area contributed by atoms with Crippen molar-refractivity contribution in [3.63, 3.8) is 0 Å². The zero-order chi connectivity index (χ0) is 15.7. The minimum Gasteiger partial charge on any atom is -0.316 e. The number of amides is 1. The molecular weight excluding hydrogens is 278 g/mol. The zero-order valence-corrected chi connectivity index (χ0v) is 12.3. The van der Waals surface area contributed by atoms with Crippen LogP contribution in [0.4, 0.5) is 5.69 Å². The van der Waals surface area contributed by atoms with E-state index in [1.807, 2.05) is 25.1 Å². The van der Waals surface area contributed by atoms with Crippen molar-refractivity contribution in [3.05, 3.63) is 75.8 Å². The molecule has 110 valence electrons. The van der Waals surface area contributed by atoms with Crippen molar-refractivity contribution in [1.82, 2.24) is 9.38 Å². The molecule has 0 spiro atoms. The number of pyridine rings is 1. The van der Waals surface area contributed by atoms with Crippen LogP contribution in [0.3, 0.4) is 0 Å². The molecule has 1 N–H and O–H groups in total. The Kier molecular flexibility index (Phi) is 3.47. The summed E-state index contributed by atoms with van der Waals surface area (Å²) in [5.74, 6) is -0.324. The van der Waals surface area contributed by atoms with Crippen molar-refractivity contribution < 1.29 is 4.79 Å². The van der Waals surface area contributed by atoms with Crippen LogP contribution >= 0.6 is 0 Å². The predicted molar refractivity (Wildman–Crippen MR) is 85.3 cm³/mol. The van der Waals surface area contributed by atoms with Gasteiger partial charge in [0.1, 0.15) is 11.3 Å². The van der Waals surface area contributed by atoms with Crippen LogP contribution in [-0.2, 0) is 0 Å². The number of hydrogen-bond donors (Lipinski definition) is 1. The number of carbonyl (C=O) groups is 1. The summed E-state index contributed by atoms with van der Waals surface area (Å²) in [6, 6.07) is 12.4. The first-order valence-corrected chi connectivity index (χ1v) is 6.92. The van der Waals surface area contributed by atoms with Gasteiger partial charge in [-0.05, 0) is 43.7 Å². The second kappa shape index (κ2) is 5.44. The smallest absolute Gasteiger partial charge is 0.281 e. The number of carbonyl (C=O) groups excluding carboxylic acids is 1. The van der Waals surface area contributed by atoms with Crippen LogP contribution < -0.4 is 10.9 Å². The van der Waals surface area contributed by atoms with Crippen molar-refractivity contribution >= 4 is 17.2 Å². The van der Waals surface area contributed by atoms with E-state index < -0.39 is 0 Å². The second-order valence-electron chi connectivity index (χ2n) is 5.13. The van der Waals surface area contributed by atoms with E-state index in [0.29, 0.717) is 16.9 Å². The Morgan fingerprint density at radius 3 is 2.59 bits per heavy atom. The first-order valence-electron chi connectivity index (χ1n) is 6.92. The van der Waals surface area contributed by atoms with Gasteiger partial charge >= 0.3 is 0 Å². The first-order chi connectivity index (χ1) is 10.6. The lowest BCUT2D eigenvalue weighted by Gasteiger charge is -2.10. The molecule has 5 heteroatoms. The molecule has 0 fully saturated rings. The van der Waals surface area contributed by atoms with Gasteiger partial charge in [0.2, 0.25) is 0 Å². The fourth-order valence-electron chi connectivity index (χ4n) is 2.27. The maximum atomic E-state index is 12.5.